The van der Waals surface area contributed by atoms with Crippen molar-refractivity contribution in [2.75, 3.05) is 13.7 Å². The first kappa shape index (κ1) is 22.0. The van der Waals surface area contributed by atoms with Crippen molar-refractivity contribution in [1.29, 1.82) is 0 Å². The summed E-state index contributed by atoms with van der Waals surface area (Å²) in [5.41, 5.74) is 3.52. The Labute approximate surface area is 199 Å². The van der Waals surface area contributed by atoms with Gasteiger partial charge >= 0.3 is 0 Å². The minimum Gasteiger partial charge on any atom is -0.497 e. The summed E-state index contributed by atoms with van der Waals surface area (Å²) in [6, 6.07) is 25.6. The lowest BCUT2D eigenvalue weighted by Gasteiger charge is -2.20. The number of pyridine rings is 1. The van der Waals surface area contributed by atoms with Crippen LogP contribution in [0, 0.1) is 0 Å². The molecular weight excluding hydrogens is 424 g/mol. The van der Waals surface area contributed by atoms with Crippen molar-refractivity contribution in [3.63, 3.8) is 0 Å². The molecule has 1 N–H and O–H groups in total. The lowest BCUT2D eigenvalue weighted by molar-refractivity contribution is -0.123. The van der Waals surface area contributed by atoms with E-state index in [1.54, 1.807) is 11.7 Å². The van der Waals surface area contributed by atoms with Crippen LogP contribution in [0.2, 0.25) is 0 Å². The second-order valence-corrected chi connectivity index (χ2v) is 8.92. The van der Waals surface area contributed by atoms with Gasteiger partial charge in [-0.1, -0.05) is 60.7 Å². The number of hydrogen-bond acceptors (Lipinski definition) is 3. The van der Waals surface area contributed by atoms with Gasteiger partial charge in [-0.2, -0.15) is 0 Å². The molecule has 3 aromatic carbocycles. The summed E-state index contributed by atoms with van der Waals surface area (Å²) in [5.74, 6) is 0.767. The highest BCUT2D eigenvalue weighted by atomic mass is 16.5. The number of methoxy groups -OCH3 is 1. The molecule has 4 aromatic rings. The zero-order chi connectivity index (χ0) is 23.7. The number of amides is 1. The Bertz CT molecular complexity index is 1400. The van der Waals surface area contributed by atoms with Crippen molar-refractivity contribution in [3.8, 4) is 16.9 Å². The summed E-state index contributed by atoms with van der Waals surface area (Å²) in [6.07, 6.45) is 2.28. The second kappa shape index (κ2) is 8.82. The van der Waals surface area contributed by atoms with E-state index in [1.165, 1.54) is 0 Å². The molecule has 0 aliphatic heterocycles. The topological polar surface area (TPSA) is 60.3 Å². The van der Waals surface area contributed by atoms with Crippen LogP contribution < -0.4 is 15.6 Å². The molecule has 0 atom stereocenters. The van der Waals surface area contributed by atoms with Crippen LogP contribution in [0.4, 0.5) is 0 Å². The number of benzene rings is 3. The molecule has 172 valence electrons. The number of fused-ring (bicyclic) bond motifs is 1. The third-order valence-electron chi connectivity index (χ3n) is 6.95. The lowest BCUT2D eigenvalue weighted by atomic mass is 9.94. The molecule has 5 rings (SSSR count). The Kier molecular flexibility index (Phi) is 5.70. The first-order valence-corrected chi connectivity index (χ1v) is 11.6. The zero-order valence-electron chi connectivity index (χ0n) is 19.5. The summed E-state index contributed by atoms with van der Waals surface area (Å²) in [7, 11) is 3.43. The van der Waals surface area contributed by atoms with E-state index in [-0.39, 0.29) is 11.5 Å². The Morgan fingerprint density at radius 2 is 1.65 bits per heavy atom. The summed E-state index contributed by atoms with van der Waals surface area (Å²) in [4.78, 5) is 26.3. The van der Waals surface area contributed by atoms with Crippen LogP contribution in [0.3, 0.4) is 0 Å². The number of carbonyl (C=O) groups is 1. The SMILES string of the molecule is COc1ccc2c(=O)n(C)c(CCNC(=O)C3(c4ccccc4)CC3)c(-c3ccccc3)c2c1. The van der Waals surface area contributed by atoms with Crippen LogP contribution in [-0.4, -0.2) is 24.1 Å². The van der Waals surface area contributed by atoms with Crippen LogP contribution in [0.15, 0.2) is 83.7 Å². The van der Waals surface area contributed by atoms with E-state index in [9.17, 15) is 9.59 Å². The van der Waals surface area contributed by atoms with E-state index >= 15 is 0 Å². The molecule has 1 amide bonds. The smallest absolute Gasteiger partial charge is 0.258 e. The number of hydrogen-bond donors (Lipinski definition) is 1. The first-order valence-electron chi connectivity index (χ1n) is 11.6. The van der Waals surface area contributed by atoms with Gasteiger partial charge in [0.15, 0.2) is 0 Å². The molecule has 1 aliphatic rings. The van der Waals surface area contributed by atoms with Crippen LogP contribution in [0.25, 0.3) is 21.9 Å². The Balaban J connectivity index is 1.50. The molecule has 1 aliphatic carbocycles. The molecule has 5 heteroatoms. The molecule has 0 unspecified atom stereocenters. The van der Waals surface area contributed by atoms with E-state index in [4.69, 9.17) is 4.74 Å². The molecule has 5 nitrogen and oxygen atoms in total. The standard InChI is InChI=1S/C29H28N2O3/c1-31-25(15-18-30-28(33)29(16-17-29)21-11-7-4-8-12-21)26(20-9-5-3-6-10-20)24-19-22(34-2)13-14-23(24)27(31)32/h3-14,19H,15-18H2,1-2H3,(H,30,33). The fourth-order valence-electron chi connectivity index (χ4n) is 4.88. The third kappa shape index (κ3) is 3.77. The molecule has 1 heterocycles. The van der Waals surface area contributed by atoms with Gasteiger partial charge in [0.2, 0.25) is 5.91 Å². The highest BCUT2D eigenvalue weighted by molar-refractivity contribution is 5.98. The maximum Gasteiger partial charge on any atom is 0.258 e. The van der Waals surface area contributed by atoms with Gasteiger partial charge in [-0.25, -0.2) is 0 Å². The van der Waals surface area contributed by atoms with Crippen molar-refractivity contribution in [2.24, 2.45) is 7.05 Å². The fourth-order valence-corrected chi connectivity index (χ4v) is 4.88. The van der Waals surface area contributed by atoms with Crippen molar-refractivity contribution >= 4 is 16.7 Å². The molecule has 1 fully saturated rings. The van der Waals surface area contributed by atoms with E-state index in [0.717, 1.165) is 40.6 Å². The zero-order valence-corrected chi connectivity index (χ0v) is 19.5. The van der Waals surface area contributed by atoms with Crippen molar-refractivity contribution in [2.45, 2.75) is 24.7 Å². The Morgan fingerprint density at radius 1 is 0.971 bits per heavy atom. The Morgan fingerprint density at radius 3 is 2.29 bits per heavy atom. The number of ether oxygens (including phenoxy) is 1. The lowest BCUT2D eigenvalue weighted by Crippen LogP contribution is -2.36. The number of nitrogens with one attached hydrogen (secondary N) is 1. The quantitative estimate of drug-likeness (QED) is 0.446. The maximum atomic E-state index is 13.2. The molecule has 0 bridgehead atoms. The predicted octanol–water partition coefficient (Wildman–Crippen LogP) is 4.60. The fraction of sp³-hybridized carbons (Fsp3) is 0.241. The Hall–Kier alpha value is -3.86. The molecule has 34 heavy (non-hydrogen) atoms. The van der Waals surface area contributed by atoms with Gasteiger partial charge < -0.3 is 14.6 Å². The van der Waals surface area contributed by atoms with Gasteiger partial charge in [0, 0.05) is 42.0 Å². The van der Waals surface area contributed by atoms with Crippen LogP contribution in [-0.2, 0) is 23.7 Å². The number of carbonyl (C=O) groups excluding carboxylic acids is 1. The summed E-state index contributed by atoms with van der Waals surface area (Å²) < 4.78 is 7.17. The number of nitrogens with zero attached hydrogens (tertiary/aromatic N) is 1. The van der Waals surface area contributed by atoms with Gasteiger partial charge in [-0.05, 0) is 42.2 Å². The van der Waals surface area contributed by atoms with E-state index in [0.29, 0.717) is 24.1 Å². The van der Waals surface area contributed by atoms with Gasteiger partial charge in [0.1, 0.15) is 5.75 Å². The molecule has 0 radical (unpaired) electrons. The predicted molar refractivity (Wildman–Crippen MR) is 135 cm³/mol. The van der Waals surface area contributed by atoms with Crippen LogP contribution in [0.5, 0.6) is 5.75 Å². The van der Waals surface area contributed by atoms with Gasteiger partial charge in [0.25, 0.3) is 5.56 Å². The summed E-state index contributed by atoms with van der Waals surface area (Å²) in [6.45, 7) is 0.454. The molecule has 0 saturated heterocycles. The van der Waals surface area contributed by atoms with Crippen molar-refractivity contribution < 1.29 is 9.53 Å². The number of rotatable bonds is 7. The average Bonchev–Trinajstić information content (AvgIpc) is 3.70. The molecule has 0 spiro atoms. The largest absolute Gasteiger partial charge is 0.497 e. The van der Waals surface area contributed by atoms with E-state index < -0.39 is 5.41 Å². The van der Waals surface area contributed by atoms with Crippen LogP contribution >= 0.6 is 0 Å². The molecule has 1 aromatic heterocycles. The maximum absolute atomic E-state index is 13.2. The average molecular weight is 453 g/mol. The van der Waals surface area contributed by atoms with Crippen molar-refractivity contribution in [1.82, 2.24) is 9.88 Å². The van der Waals surface area contributed by atoms with E-state index in [1.807, 2.05) is 73.8 Å². The van der Waals surface area contributed by atoms with Crippen LogP contribution in [0.1, 0.15) is 24.1 Å². The van der Waals surface area contributed by atoms with Gasteiger partial charge in [-0.15, -0.1) is 0 Å². The minimum atomic E-state index is -0.411. The first-order chi connectivity index (χ1) is 16.5. The monoisotopic (exact) mass is 452 g/mol. The molecular formula is C29H28N2O3. The second-order valence-electron chi connectivity index (χ2n) is 8.92. The summed E-state index contributed by atoms with van der Waals surface area (Å²) >= 11 is 0. The van der Waals surface area contributed by atoms with Gasteiger partial charge in [0.05, 0.1) is 12.5 Å². The number of aromatic nitrogens is 1. The normalized spacial score (nSPS) is 14.1. The highest BCUT2D eigenvalue weighted by Gasteiger charge is 2.50. The van der Waals surface area contributed by atoms with Crippen molar-refractivity contribution in [3.05, 3.63) is 100 Å². The molecule has 1 saturated carbocycles. The van der Waals surface area contributed by atoms with E-state index in [2.05, 4.69) is 17.4 Å². The third-order valence-corrected chi connectivity index (χ3v) is 6.95. The minimum absolute atomic E-state index is 0.0541. The van der Waals surface area contributed by atoms with Gasteiger partial charge in [-0.3, -0.25) is 9.59 Å². The highest BCUT2D eigenvalue weighted by Crippen LogP contribution is 2.48. The summed E-state index contributed by atoms with van der Waals surface area (Å²) in [5, 5.41) is 4.66.